The van der Waals surface area contributed by atoms with Crippen LogP contribution in [0.1, 0.15) is 55.6 Å². The van der Waals surface area contributed by atoms with Gasteiger partial charge in [-0.25, -0.2) is 54.3 Å². The minimum atomic E-state index is -0.686. The molecule has 0 spiro atoms. The highest BCUT2D eigenvalue weighted by Gasteiger charge is 2.28. The van der Waals surface area contributed by atoms with Gasteiger partial charge in [0.1, 0.15) is 6.54 Å². The summed E-state index contributed by atoms with van der Waals surface area (Å²) in [6.45, 7) is 28.6. The molecule has 41 heteroatoms. The molecule has 41 nitrogen and oxygen atoms in total. The van der Waals surface area contributed by atoms with Gasteiger partial charge in [0.2, 0.25) is 0 Å². The van der Waals surface area contributed by atoms with Gasteiger partial charge in [-0.2, -0.15) is 24.9 Å². The zero-order chi connectivity index (χ0) is 91.6. The number of methoxy groups -OCH3 is 2. The third-order valence-corrected chi connectivity index (χ3v) is 21.6. The first kappa shape index (κ1) is 93.3. The number of H-pyrrole nitrogens is 2. The molecule has 0 amide bonds. The van der Waals surface area contributed by atoms with Crippen LogP contribution < -0.4 is 84.5 Å². The van der Waals surface area contributed by atoms with Gasteiger partial charge >= 0.3 is 28.4 Å². The number of aromatic nitrogens is 20. The van der Waals surface area contributed by atoms with Crippen molar-refractivity contribution in [1.29, 1.82) is 5.41 Å². The van der Waals surface area contributed by atoms with E-state index in [0.29, 0.717) is 125 Å². The fraction of sp³-hybridized carbons (Fsp3) is 0.400. The van der Waals surface area contributed by atoms with E-state index >= 15 is 0 Å². The maximum atomic E-state index is 13.0. The smallest absolute Gasteiger partial charge is 0.352 e. The lowest BCUT2D eigenvalue weighted by atomic mass is 10.1. The van der Waals surface area contributed by atoms with E-state index < -0.39 is 56.2 Å². The van der Waals surface area contributed by atoms with Crippen LogP contribution in [0, 0.1) is 74.6 Å². The number of fused-ring (bicyclic) bond motifs is 10. The molecule has 0 fully saturated rings. The SMILES string of the molecule is COCCn1c2nc(=O)n(CC[NH2+]C(=N)N)c(=O)c-2nc2cc(C)c(C)cc21.COCCn1c2nc(=O)n(CC[NH3+])c(=O)c-2nc2cc(C)c(C)cc21.Cc1cc2nc3c(=O)[nH]c(=O)nc-3n(CCOCCOCC[NH3+])c2cc1C.Cc1cc2nc3c(=O)[nH]c(=O)nc-3n(CC[NH3+])c2cc1C.Cc1cc2nc3c(=O)n(C)c(=O)nc-3n(CC[N+](C)(C)C)c2cc1C. The second kappa shape index (κ2) is 40.1. The molecule has 5 aromatic carbocycles. The molecule has 0 saturated heterocycles. The summed E-state index contributed by atoms with van der Waals surface area (Å²) in [6, 6.07) is 19.7. The Bertz CT molecular complexity index is 7110. The monoisotopic (exact) mass is 1730 g/mol. The lowest BCUT2D eigenvalue weighted by Crippen LogP contribution is -2.91. The quantitative estimate of drug-likeness (QED) is 0.0109. The largest absolute Gasteiger partial charge is 0.383 e. The van der Waals surface area contributed by atoms with Crippen molar-refractivity contribution in [2.75, 3.05) is 108 Å². The van der Waals surface area contributed by atoms with E-state index in [1.54, 1.807) is 14.2 Å². The highest BCUT2D eigenvalue weighted by molar-refractivity contribution is 5.85. The Kier molecular flexibility index (Phi) is 29.7. The summed E-state index contributed by atoms with van der Waals surface area (Å²) in [4.78, 5) is 170. The van der Waals surface area contributed by atoms with Gasteiger partial charge in [-0.15, -0.1) is 0 Å². The van der Waals surface area contributed by atoms with Gasteiger partial charge in [0.15, 0.2) is 57.6 Å². The number of nitrogens with two attached hydrogens (primary N) is 2. The molecule has 0 atom stereocenters. The lowest BCUT2D eigenvalue weighted by Gasteiger charge is -2.26. The zero-order valence-corrected chi connectivity index (χ0v) is 74.0. The Morgan fingerprint density at radius 1 is 0.373 bits per heavy atom. The molecule has 15 rings (SSSR count). The van der Waals surface area contributed by atoms with Crippen molar-refractivity contribution in [2.24, 2.45) is 12.8 Å². The maximum absolute atomic E-state index is 13.0. The van der Waals surface area contributed by atoms with Crippen LogP contribution in [0.25, 0.3) is 113 Å². The molecule has 0 bridgehead atoms. The number of aromatic amines is 2. The van der Waals surface area contributed by atoms with Crippen LogP contribution in [0.2, 0.25) is 0 Å². The van der Waals surface area contributed by atoms with Crippen LogP contribution >= 0.6 is 0 Å². The summed E-state index contributed by atoms with van der Waals surface area (Å²) in [5.74, 6) is 1.36. The van der Waals surface area contributed by atoms with E-state index in [-0.39, 0.29) is 65.7 Å². The van der Waals surface area contributed by atoms with Crippen molar-refractivity contribution < 1.29 is 45.9 Å². The summed E-state index contributed by atoms with van der Waals surface area (Å²) < 4.78 is 34.5. The number of nitrogens with zero attached hydrogens (tertiary/aromatic N) is 19. The van der Waals surface area contributed by atoms with Gasteiger partial charge < -0.3 is 69.2 Å². The van der Waals surface area contributed by atoms with E-state index in [1.807, 2.05) is 147 Å². The van der Waals surface area contributed by atoms with Crippen molar-refractivity contribution in [2.45, 2.75) is 115 Å². The Morgan fingerprint density at radius 3 is 1.02 bits per heavy atom. The number of rotatable bonds is 24. The first-order valence-electron chi connectivity index (χ1n) is 41.0. The number of guanidine groups is 1. The molecule has 16 N–H and O–H groups in total. The maximum Gasteiger partial charge on any atom is 0.352 e. The van der Waals surface area contributed by atoms with Gasteiger partial charge in [0.25, 0.3) is 33.8 Å². The van der Waals surface area contributed by atoms with Crippen LogP contribution in [0.5, 0.6) is 0 Å². The average molecular weight is 1730 g/mol. The molecule has 10 aliphatic heterocycles. The van der Waals surface area contributed by atoms with Crippen LogP contribution in [-0.4, -0.2) is 215 Å². The standard InChI is InChI=1S/C18H23N7O3.C18H23N5O4.C18H24N5O2.C17H21N5O3.C14H15N5O2/c1-10-8-12-13(9-11(10)2)24(6-7-28-3)15-14(22-12)16(26)25(18(27)23-15)5-4-21-17(19)20;1-11-9-13-14(10-12(11)2)23(4-6-27-8-7-26-5-3-19)16-15(20-13)17(24)22-18(25)21-16;1-11-9-13-14(10-12(11)2)22(7-8-23(4,5)6)16-15(19-13)17(24)21(3)18(25)20-16;1-10-8-12-13(9-11(10)2)21(6-7-25-3)15-14(19-12)16(23)22(5-4-18)17(24)20-15;1-7-5-9-10(6-8(7)2)19(4-3-15)12-11(16-9)13(20)18-14(21)17-12/h8-9H,4-7H2,1-3H3,(H4,19,20,21);9-10H,3-8,19H2,1-2H3,(H,22,24,25);9-10H,7-8H2,1-6H3;8-9H,4-7,18H2,1-3H3;5-6H,3-4,15H2,1-2H3,(H,18,20,21)/q;;+1;;/p+4. The van der Waals surface area contributed by atoms with Crippen molar-refractivity contribution in [3.63, 3.8) is 0 Å². The molecular weight excluding hydrogens is 1620 g/mol. The van der Waals surface area contributed by atoms with Crippen LogP contribution in [0.3, 0.4) is 0 Å². The Morgan fingerprint density at radius 2 is 0.675 bits per heavy atom. The van der Waals surface area contributed by atoms with Gasteiger partial charge in [0, 0.05) is 40.9 Å². The number of hydrogen-bond donors (Lipinski definition) is 8. The molecule has 664 valence electrons. The topological polar surface area (TPSA) is 557 Å². The predicted molar refractivity (Wildman–Crippen MR) is 475 cm³/mol. The molecule has 0 aromatic heterocycles. The Hall–Kier alpha value is -13.4. The molecule has 0 radical (unpaired) electrons. The van der Waals surface area contributed by atoms with Gasteiger partial charge in [0.05, 0.1) is 168 Å². The molecule has 0 aliphatic carbocycles. The number of benzene rings is 5. The number of ether oxygens (including phenoxy) is 4. The molecule has 126 heavy (non-hydrogen) atoms. The molecule has 5 aromatic rings. The number of quaternary nitrogens is 5. The molecule has 0 saturated carbocycles. The second-order valence-electron chi connectivity index (χ2n) is 31.7. The van der Waals surface area contributed by atoms with E-state index in [4.69, 9.17) is 30.1 Å². The van der Waals surface area contributed by atoms with Crippen LogP contribution in [-0.2, 0) is 71.8 Å². The predicted octanol–water partition coefficient (Wildman–Crippen LogP) is -1.82. The average Bonchev–Trinajstić information content (AvgIpc) is 0.623. The Labute approximate surface area is 719 Å². The fourth-order valence-corrected chi connectivity index (χ4v) is 14.1. The van der Waals surface area contributed by atoms with Crippen molar-refractivity contribution in [3.8, 4) is 57.6 Å². The number of hydrogen-bond acceptors (Lipinski definition) is 25. The summed E-state index contributed by atoms with van der Waals surface area (Å²) in [5.41, 5.74) is 30.6. The summed E-state index contributed by atoms with van der Waals surface area (Å²) in [6.07, 6.45) is 0. The van der Waals surface area contributed by atoms with Gasteiger partial charge in [-0.05, 0) is 186 Å². The van der Waals surface area contributed by atoms with E-state index in [1.165, 1.54) is 12.4 Å². The van der Waals surface area contributed by atoms with Crippen molar-refractivity contribution in [1.82, 2.24) is 96.3 Å². The van der Waals surface area contributed by atoms with Crippen LogP contribution in [0.15, 0.2) is 109 Å². The lowest BCUT2D eigenvalue weighted by molar-refractivity contribution is -0.870. The molecule has 10 aliphatic rings. The van der Waals surface area contributed by atoms with E-state index in [9.17, 15) is 47.9 Å². The third kappa shape index (κ3) is 20.7. The molecule has 10 heterocycles. The first-order valence-corrected chi connectivity index (χ1v) is 41.0. The number of likely N-dealkylation sites (N-methyl/N-ethyl adjacent to an activating group) is 1. The normalized spacial score (nSPS) is 11.6. The van der Waals surface area contributed by atoms with Crippen molar-refractivity contribution in [3.05, 3.63) is 220 Å². The Balaban J connectivity index is 0.000000153. The van der Waals surface area contributed by atoms with E-state index in [0.717, 1.165) is 120 Å². The highest BCUT2D eigenvalue weighted by atomic mass is 16.5. The van der Waals surface area contributed by atoms with Crippen LogP contribution in [0.4, 0.5) is 0 Å². The second-order valence-corrected chi connectivity index (χ2v) is 31.7. The summed E-state index contributed by atoms with van der Waals surface area (Å²) in [7, 11) is 10.9. The highest BCUT2D eigenvalue weighted by Crippen LogP contribution is 2.30. The fourth-order valence-electron chi connectivity index (χ4n) is 14.1. The number of nitrogens with one attached hydrogen (secondary N) is 3. The summed E-state index contributed by atoms with van der Waals surface area (Å²) in [5, 5.41) is 8.67. The molecule has 0 unspecified atom stereocenters. The van der Waals surface area contributed by atoms with Crippen molar-refractivity contribution >= 4 is 61.1 Å². The number of aryl methyl sites for hydroxylation is 10. The van der Waals surface area contributed by atoms with E-state index in [2.05, 4.69) is 104 Å². The van der Waals surface area contributed by atoms with Gasteiger partial charge in [-0.1, -0.05) is 0 Å². The minimum absolute atomic E-state index is 0.0882. The zero-order valence-electron chi connectivity index (χ0n) is 74.0. The summed E-state index contributed by atoms with van der Waals surface area (Å²) >= 11 is 0. The minimum Gasteiger partial charge on any atom is -0.383 e. The molecular formula is C85H110N27O14+5. The third-order valence-electron chi connectivity index (χ3n) is 21.6. The van der Waals surface area contributed by atoms with Gasteiger partial charge in [-0.3, -0.25) is 53.0 Å². The first-order chi connectivity index (χ1) is 59.9.